The van der Waals surface area contributed by atoms with Crippen LogP contribution < -0.4 is 5.56 Å². The monoisotopic (exact) mass is 368 g/mol. The lowest BCUT2D eigenvalue weighted by Crippen LogP contribution is -2.18. The molecule has 134 valence electrons. The summed E-state index contributed by atoms with van der Waals surface area (Å²) < 4.78 is 5.44. The molecule has 1 aromatic heterocycles. The highest BCUT2D eigenvalue weighted by atomic mass is 32.2. The van der Waals surface area contributed by atoms with Crippen molar-refractivity contribution in [2.24, 2.45) is 0 Å². The predicted octanol–water partition coefficient (Wildman–Crippen LogP) is 3.94. The molecular weight excluding hydrogens is 348 g/mol. The second kappa shape index (κ2) is 7.74. The number of aromatic amines is 1. The number of aromatic nitrogens is 2. The minimum atomic E-state index is -0.626. The van der Waals surface area contributed by atoms with Crippen molar-refractivity contribution in [3.8, 4) is 0 Å². The predicted molar refractivity (Wildman–Crippen MR) is 104 cm³/mol. The first-order valence-corrected chi connectivity index (χ1v) is 9.31. The lowest BCUT2D eigenvalue weighted by atomic mass is 10.2. The van der Waals surface area contributed by atoms with Crippen molar-refractivity contribution in [3.63, 3.8) is 0 Å². The molecule has 0 saturated carbocycles. The van der Waals surface area contributed by atoms with Gasteiger partial charge < -0.3 is 9.72 Å². The van der Waals surface area contributed by atoms with Crippen LogP contribution in [0.2, 0.25) is 0 Å². The number of rotatable bonds is 5. The standard InChI is InChI=1S/C20H20N2O3S/c1-12-8-9-13(2)17(10-12)26-11-18(23)25-14(3)19-21-16-7-5-4-6-15(16)20(24)22-19/h4-10,14H,11H2,1-3H3,(H,21,22,24)/t14-/m0/s1. The van der Waals surface area contributed by atoms with Crippen LogP contribution >= 0.6 is 11.8 Å². The molecule has 0 aliphatic heterocycles. The molecule has 3 rings (SSSR count). The van der Waals surface area contributed by atoms with Gasteiger partial charge in [0.15, 0.2) is 11.9 Å². The van der Waals surface area contributed by atoms with Crippen LogP contribution in [-0.2, 0) is 9.53 Å². The highest BCUT2D eigenvalue weighted by Crippen LogP contribution is 2.24. The number of hydrogen-bond acceptors (Lipinski definition) is 5. The molecular formula is C20H20N2O3S. The van der Waals surface area contributed by atoms with E-state index in [2.05, 4.69) is 16.0 Å². The van der Waals surface area contributed by atoms with Crippen LogP contribution in [0, 0.1) is 13.8 Å². The number of thioether (sulfide) groups is 1. The van der Waals surface area contributed by atoms with Gasteiger partial charge in [0, 0.05) is 4.90 Å². The largest absolute Gasteiger partial charge is 0.454 e. The molecule has 5 nitrogen and oxygen atoms in total. The Morgan fingerprint density at radius 2 is 2.00 bits per heavy atom. The van der Waals surface area contributed by atoms with Gasteiger partial charge in [-0.3, -0.25) is 9.59 Å². The van der Waals surface area contributed by atoms with Crippen LogP contribution in [0.4, 0.5) is 0 Å². The van der Waals surface area contributed by atoms with Gasteiger partial charge in [-0.1, -0.05) is 29.8 Å². The van der Waals surface area contributed by atoms with E-state index in [0.717, 1.165) is 16.0 Å². The number of aryl methyl sites for hydroxylation is 2. The zero-order valence-electron chi connectivity index (χ0n) is 14.9. The third kappa shape index (κ3) is 4.14. The van der Waals surface area contributed by atoms with E-state index in [1.807, 2.05) is 32.0 Å². The highest BCUT2D eigenvalue weighted by Gasteiger charge is 2.16. The van der Waals surface area contributed by atoms with E-state index in [4.69, 9.17) is 4.74 Å². The summed E-state index contributed by atoms with van der Waals surface area (Å²) in [4.78, 5) is 32.5. The Labute approximate surface area is 155 Å². The summed E-state index contributed by atoms with van der Waals surface area (Å²) >= 11 is 1.45. The molecule has 0 fully saturated rings. The maximum Gasteiger partial charge on any atom is 0.316 e. The number of para-hydroxylation sites is 1. The number of benzene rings is 2. The van der Waals surface area contributed by atoms with Gasteiger partial charge in [0.2, 0.25) is 0 Å². The van der Waals surface area contributed by atoms with Gasteiger partial charge in [-0.05, 0) is 44.5 Å². The Balaban J connectivity index is 1.67. The van der Waals surface area contributed by atoms with Gasteiger partial charge in [-0.15, -0.1) is 11.8 Å². The number of carbonyl (C=O) groups excluding carboxylic acids is 1. The molecule has 0 radical (unpaired) electrons. The number of esters is 1. The normalized spacial score (nSPS) is 12.1. The van der Waals surface area contributed by atoms with E-state index in [0.29, 0.717) is 16.7 Å². The quantitative estimate of drug-likeness (QED) is 0.546. The molecule has 0 unspecified atom stereocenters. The van der Waals surface area contributed by atoms with Crippen LogP contribution in [0.5, 0.6) is 0 Å². The smallest absolute Gasteiger partial charge is 0.316 e. The molecule has 26 heavy (non-hydrogen) atoms. The van der Waals surface area contributed by atoms with Gasteiger partial charge in [0.1, 0.15) is 0 Å². The van der Waals surface area contributed by atoms with Crippen LogP contribution in [0.3, 0.4) is 0 Å². The molecule has 0 aliphatic rings. The lowest BCUT2D eigenvalue weighted by Gasteiger charge is -2.13. The number of nitrogens with one attached hydrogen (secondary N) is 1. The second-order valence-electron chi connectivity index (χ2n) is 6.16. The fraction of sp³-hybridized carbons (Fsp3) is 0.250. The molecule has 1 heterocycles. The van der Waals surface area contributed by atoms with E-state index in [9.17, 15) is 9.59 Å². The number of fused-ring (bicyclic) bond motifs is 1. The van der Waals surface area contributed by atoms with Crippen LogP contribution in [-0.4, -0.2) is 21.7 Å². The Bertz CT molecular complexity index is 1010. The number of H-pyrrole nitrogens is 1. The SMILES string of the molecule is Cc1ccc(C)c(SCC(=O)O[C@@H](C)c2nc3ccccc3c(=O)[nH]2)c1. The minimum Gasteiger partial charge on any atom is -0.454 e. The molecule has 1 atom stereocenters. The summed E-state index contributed by atoms with van der Waals surface area (Å²) in [7, 11) is 0. The van der Waals surface area contributed by atoms with E-state index in [1.165, 1.54) is 11.8 Å². The Hall–Kier alpha value is -2.60. The summed E-state index contributed by atoms with van der Waals surface area (Å²) in [5, 5.41) is 0.514. The summed E-state index contributed by atoms with van der Waals surface area (Å²) in [5.74, 6) is 0.199. The molecule has 3 aromatic rings. The fourth-order valence-electron chi connectivity index (χ4n) is 2.58. The van der Waals surface area contributed by atoms with Crippen molar-refractivity contribution >= 4 is 28.6 Å². The van der Waals surface area contributed by atoms with Gasteiger partial charge in [0.25, 0.3) is 5.56 Å². The van der Waals surface area contributed by atoms with E-state index in [-0.39, 0.29) is 17.3 Å². The first kappa shape index (κ1) is 18.2. The summed E-state index contributed by atoms with van der Waals surface area (Å²) in [6, 6.07) is 13.2. The van der Waals surface area contributed by atoms with Crippen LogP contribution in [0.15, 0.2) is 52.2 Å². The lowest BCUT2D eigenvalue weighted by molar-refractivity contribution is -0.145. The molecule has 0 amide bonds. The van der Waals surface area contributed by atoms with Gasteiger partial charge in [0.05, 0.1) is 16.7 Å². The van der Waals surface area contributed by atoms with E-state index >= 15 is 0 Å². The number of hydrogen-bond donors (Lipinski definition) is 1. The summed E-state index contributed by atoms with van der Waals surface area (Å²) in [5.41, 5.74) is 2.62. The highest BCUT2D eigenvalue weighted by molar-refractivity contribution is 8.00. The average molecular weight is 368 g/mol. The molecule has 0 spiro atoms. The zero-order valence-corrected chi connectivity index (χ0v) is 15.7. The Kier molecular flexibility index (Phi) is 5.42. The molecule has 0 bridgehead atoms. The molecule has 1 N–H and O–H groups in total. The molecule has 0 saturated heterocycles. The molecule has 0 aliphatic carbocycles. The Morgan fingerprint density at radius 1 is 1.23 bits per heavy atom. The van der Waals surface area contributed by atoms with Crippen molar-refractivity contribution in [2.75, 3.05) is 5.75 Å². The van der Waals surface area contributed by atoms with Crippen molar-refractivity contribution < 1.29 is 9.53 Å². The fourth-order valence-corrected chi connectivity index (χ4v) is 3.49. The maximum absolute atomic E-state index is 12.2. The second-order valence-corrected chi connectivity index (χ2v) is 7.18. The van der Waals surface area contributed by atoms with Gasteiger partial charge >= 0.3 is 5.97 Å². The first-order valence-electron chi connectivity index (χ1n) is 8.32. The van der Waals surface area contributed by atoms with Crippen LogP contribution in [0.1, 0.15) is 30.0 Å². The first-order chi connectivity index (χ1) is 12.4. The molecule has 2 aromatic carbocycles. The van der Waals surface area contributed by atoms with Crippen LogP contribution in [0.25, 0.3) is 10.9 Å². The average Bonchev–Trinajstić information content (AvgIpc) is 2.62. The zero-order chi connectivity index (χ0) is 18.7. The third-order valence-electron chi connectivity index (χ3n) is 4.01. The van der Waals surface area contributed by atoms with E-state index in [1.54, 1.807) is 25.1 Å². The van der Waals surface area contributed by atoms with Gasteiger partial charge in [-0.25, -0.2) is 4.98 Å². The summed E-state index contributed by atoms with van der Waals surface area (Å²) in [6.07, 6.45) is -0.626. The topological polar surface area (TPSA) is 72.0 Å². The minimum absolute atomic E-state index is 0.201. The van der Waals surface area contributed by atoms with E-state index < -0.39 is 6.10 Å². The molecule has 6 heteroatoms. The third-order valence-corrected chi connectivity index (χ3v) is 5.14. The Morgan fingerprint density at radius 3 is 2.81 bits per heavy atom. The number of carbonyl (C=O) groups is 1. The van der Waals surface area contributed by atoms with Gasteiger partial charge in [-0.2, -0.15) is 0 Å². The summed E-state index contributed by atoms with van der Waals surface area (Å²) in [6.45, 7) is 5.73. The number of ether oxygens (including phenoxy) is 1. The maximum atomic E-state index is 12.2. The van der Waals surface area contributed by atoms with Crippen molar-refractivity contribution in [3.05, 3.63) is 69.8 Å². The van der Waals surface area contributed by atoms with Crippen molar-refractivity contribution in [2.45, 2.75) is 31.8 Å². The van der Waals surface area contributed by atoms with Crippen molar-refractivity contribution in [1.29, 1.82) is 0 Å². The number of nitrogens with zero attached hydrogens (tertiary/aromatic N) is 1. The van der Waals surface area contributed by atoms with Crippen molar-refractivity contribution in [1.82, 2.24) is 9.97 Å².